The number of rotatable bonds is 4. The fourth-order valence-corrected chi connectivity index (χ4v) is 2.49. The summed E-state index contributed by atoms with van der Waals surface area (Å²) in [6, 6.07) is 3.46. The Kier molecular flexibility index (Phi) is 5.01. The average Bonchev–Trinajstić information content (AvgIpc) is 2.48. The van der Waals surface area contributed by atoms with Gasteiger partial charge in [0.15, 0.2) is 0 Å². The van der Waals surface area contributed by atoms with Crippen molar-refractivity contribution in [2.24, 2.45) is 5.92 Å². The molecule has 1 atom stereocenters. The van der Waals surface area contributed by atoms with Crippen LogP contribution >= 0.6 is 11.6 Å². The lowest BCUT2D eigenvalue weighted by Gasteiger charge is -2.32. The van der Waals surface area contributed by atoms with Gasteiger partial charge in [0.25, 0.3) is 0 Å². The second-order valence-electron chi connectivity index (χ2n) is 5.21. The number of aromatic nitrogens is 1. The maximum Gasteiger partial charge on any atom is 0.308 e. The van der Waals surface area contributed by atoms with Gasteiger partial charge in [0.2, 0.25) is 5.91 Å². The highest BCUT2D eigenvalue weighted by Gasteiger charge is 2.28. The second kappa shape index (κ2) is 6.76. The second-order valence-corrected chi connectivity index (χ2v) is 5.64. The van der Waals surface area contributed by atoms with E-state index in [2.05, 4.69) is 4.98 Å². The number of halogens is 1. The molecule has 1 amide bonds. The lowest BCUT2D eigenvalue weighted by Crippen LogP contribution is -2.46. The summed E-state index contributed by atoms with van der Waals surface area (Å²) in [5.74, 6) is -0.721. The monoisotopic (exact) mass is 311 g/mol. The smallest absolute Gasteiger partial charge is 0.308 e. The molecule has 21 heavy (non-hydrogen) atoms. The first-order valence-electron chi connectivity index (χ1n) is 6.80. The van der Waals surface area contributed by atoms with Crippen LogP contribution in [-0.2, 0) is 9.59 Å². The summed E-state index contributed by atoms with van der Waals surface area (Å²) in [5.41, 5.74) is 0. The van der Waals surface area contributed by atoms with Crippen LogP contribution in [0, 0.1) is 5.92 Å². The van der Waals surface area contributed by atoms with E-state index in [-0.39, 0.29) is 19.0 Å². The van der Waals surface area contributed by atoms with Gasteiger partial charge in [-0.05, 0) is 25.0 Å². The fraction of sp³-hybridized carbons (Fsp3) is 0.500. The zero-order chi connectivity index (χ0) is 15.4. The van der Waals surface area contributed by atoms with Crippen LogP contribution in [0.15, 0.2) is 18.3 Å². The van der Waals surface area contributed by atoms with Gasteiger partial charge in [-0.25, -0.2) is 4.98 Å². The third-order valence-electron chi connectivity index (χ3n) is 3.60. The topological polar surface area (TPSA) is 73.7 Å². The predicted molar refractivity (Wildman–Crippen MR) is 79.5 cm³/mol. The van der Waals surface area contributed by atoms with E-state index in [1.165, 1.54) is 6.20 Å². The highest BCUT2D eigenvalue weighted by molar-refractivity contribution is 6.30. The van der Waals surface area contributed by atoms with Crippen LogP contribution in [0.3, 0.4) is 0 Å². The number of likely N-dealkylation sites (tertiary alicyclic amines) is 1. The molecule has 0 spiro atoms. The average molecular weight is 312 g/mol. The van der Waals surface area contributed by atoms with Crippen LogP contribution in [0.25, 0.3) is 0 Å². The van der Waals surface area contributed by atoms with Gasteiger partial charge in [0.1, 0.15) is 5.82 Å². The van der Waals surface area contributed by atoms with Crippen molar-refractivity contribution in [3.63, 3.8) is 0 Å². The SMILES string of the molecule is CN(CC(=O)N1CCCC(C(=O)O)C1)c1ccc(Cl)cn1. The molecule has 0 aliphatic carbocycles. The summed E-state index contributed by atoms with van der Waals surface area (Å²) in [6.07, 6.45) is 2.89. The molecular formula is C14H18ClN3O3. The van der Waals surface area contributed by atoms with E-state index < -0.39 is 11.9 Å². The molecule has 0 bridgehead atoms. The predicted octanol–water partition coefficient (Wildman–Crippen LogP) is 1.49. The lowest BCUT2D eigenvalue weighted by molar-refractivity contribution is -0.145. The van der Waals surface area contributed by atoms with E-state index >= 15 is 0 Å². The molecule has 0 aromatic carbocycles. The molecule has 2 heterocycles. The Hall–Kier alpha value is -1.82. The number of aliphatic carboxylic acids is 1. The Morgan fingerprint density at radius 3 is 2.90 bits per heavy atom. The quantitative estimate of drug-likeness (QED) is 0.912. The van der Waals surface area contributed by atoms with Crippen LogP contribution < -0.4 is 4.90 Å². The normalized spacial score (nSPS) is 18.4. The summed E-state index contributed by atoms with van der Waals surface area (Å²) in [7, 11) is 1.77. The van der Waals surface area contributed by atoms with Crippen molar-refractivity contribution in [1.29, 1.82) is 0 Å². The summed E-state index contributed by atoms with van der Waals surface area (Å²) < 4.78 is 0. The zero-order valence-electron chi connectivity index (χ0n) is 11.8. The number of hydrogen-bond acceptors (Lipinski definition) is 4. The Bertz CT molecular complexity index is 521. The van der Waals surface area contributed by atoms with Gasteiger partial charge in [-0.15, -0.1) is 0 Å². The van der Waals surface area contributed by atoms with Gasteiger partial charge in [-0.1, -0.05) is 11.6 Å². The first-order valence-corrected chi connectivity index (χ1v) is 7.18. The molecule has 1 aliphatic heterocycles. The van der Waals surface area contributed by atoms with Crippen molar-refractivity contribution in [2.45, 2.75) is 12.8 Å². The third kappa shape index (κ3) is 4.07. The van der Waals surface area contributed by atoms with Crippen LogP contribution in [0.5, 0.6) is 0 Å². The highest BCUT2D eigenvalue weighted by atomic mass is 35.5. The zero-order valence-corrected chi connectivity index (χ0v) is 12.6. The number of likely N-dealkylation sites (N-methyl/N-ethyl adjacent to an activating group) is 1. The molecule has 1 aliphatic rings. The standard InChI is InChI=1S/C14H18ClN3O3/c1-17(12-5-4-11(15)7-16-12)9-13(19)18-6-2-3-10(8-18)14(20)21/h4-5,7,10H,2-3,6,8-9H2,1H3,(H,20,21). The molecular weight excluding hydrogens is 294 g/mol. The van der Waals surface area contributed by atoms with Crippen molar-refractivity contribution >= 4 is 29.3 Å². The van der Waals surface area contributed by atoms with Gasteiger partial charge < -0.3 is 14.9 Å². The van der Waals surface area contributed by atoms with Crippen LogP contribution in [0.1, 0.15) is 12.8 Å². The number of piperidine rings is 1. The molecule has 6 nitrogen and oxygen atoms in total. The number of carboxylic acids is 1. The maximum absolute atomic E-state index is 12.3. The molecule has 1 aromatic heterocycles. The molecule has 1 unspecified atom stereocenters. The summed E-state index contributed by atoms with van der Waals surface area (Å²) in [6.45, 7) is 1.07. The summed E-state index contributed by atoms with van der Waals surface area (Å²) in [5, 5.41) is 9.59. The van der Waals surface area contributed by atoms with Crippen molar-refractivity contribution in [1.82, 2.24) is 9.88 Å². The minimum atomic E-state index is -0.833. The number of carbonyl (C=O) groups is 2. The van der Waals surface area contributed by atoms with Crippen molar-refractivity contribution in [3.05, 3.63) is 23.4 Å². The fourth-order valence-electron chi connectivity index (χ4n) is 2.38. The molecule has 0 saturated carbocycles. The Labute approximate surface area is 128 Å². The molecule has 0 radical (unpaired) electrons. The van der Waals surface area contributed by atoms with Crippen LogP contribution in [-0.4, -0.2) is 53.5 Å². The number of pyridine rings is 1. The molecule has 2 rings (SSSR count). The van der Waals surface area contributed by atoms with Crippen LogP contribution in [0.2, 0.25) is 5.02 Å². The van der Waals surface area contributed by atoms with Crippen molar-refractivity contribution in [3.8, 4) is 0 Å². The highest BCUT2D eigenvalue weighted by Crippen LogP contribution is 2.18. The Morgan fingerprint density at radius 1 is 1.52 bits per heavy atom. The van der Waals surface area contributed by atoms with Gasteiger partial charge in [0.05, 0.1) is 17.5 Å². The van der Waals surface area contributed by atoms with Gasteiger partial charge in [0, 0.05) is 26.3 Å². The number of anilines is 1. The third-order valence-corrected chi connectivity index (χ3v) is 3.82. The number of nitrogens with zero attached hydrogens (tertiary/aromatic N) is 3. The van der Waals surface area contributed by atoms with Gasteiger partial charge >= 0.3 is 5.97 Å². The lowest BCUT2D eigenvalue weighted by atomic mass is 9.98. The first kappa shape index (κ1) is 15.6. The Balaban J connectivity index is 1.94. The summed E-state index contributed by atoms with van der Waals surface area (Å²) >= 11 is 5.78. The van der Waals surface area contributed by atoms with Gasteiger partial charge in [-0.2, -0.15) is 0 Å². The first-order chi connectivity index (χ1) is 9.97. The van der Waals surface area contributed by atoms with Gasteiger partial charge in [-0.3, -0.25) is 9.59 Å². The summed E-state index contributed by atoms with van der Waals surface area (Å²) in [4.78, 5) is 30.8. The van der Waals surface area contributed by atoms with Crippen molar-refractivity contribution in [2.75, 3.05) is 31.6 Å². The van der Waals surface area contributed by atoms with E-state index in [9.17, 15) is 9.59 Å². The Morgan fingerprint density at radius 2 is 2.29 bits per heavy atom. The minimum Gasteiger partial charge on any atom is -0.481 e. The van der Waals surface area contributed by atoms with E-state index in [1.54, 1.807) is 29.0 Å². The maximum atomic E-state index is 12.3. The van der Waals surface area contributed by atoms with E-state index in [0.717, 1.165) is 6.42 Å². The number of carboxylic acid groups (broad SMARTS) is 1. The number of hydrogen-bond donors (Lipinski definition) is 1. The van der Waals surface area contributed by atoms with E-state index in [4.69, 9.17) is 16.7 Å². The van der Waals surface area contributed by atoms with E-state index in [1.807, 2.05) is 0 Å². The molecule has 1 aromatic rings. The molecule has 7 heteroatoms. The van der Waals surface area contributed by atoms with Crippen LogP contribution in [0.4, 0.5) is 5.82 Å². The molecule has 1 N–H and O–H groups in total. The minimum absolute atomic E-state index is 0.0831. The largest absolute Gasteiger partial charge is 0.481 e. The number of carbonyl (C=O) groups excluding carboxylic acids is 1. The van der Waals surface area contributed by atoms with Crippen molar-refractivity contribution < 1.29 is 14.7 Å². The number of amides is 1. The van der Waals surface area contributed by atoms with E-state index in [0.29, 0.717) is 23.8 Å². The molecule has 1 fully saturated rings. The molecule has 1 saturated heterocycles. The molecule has 114 valence electrons.